The fourth-order valence-electron chi connectivity index (χ4n) is 2.27. The minimum atomic E-state index is -0.517. The number of methoxy groups -OCH3 is 1. The number of ketones is 1. The van der Waals surface area contributed by atoms with Gasteiger partial charge in [-0.25, -0.2) is 0 Å². The van der Waals surface area contributed by atoms with Crippen LogP contribution in [0.5, 0.6) is 5.75 Å². The van der Waals surface area contributed by atoms with Crippen molar-refractivity contribution in [2.75, 3.05) is 7.11 Å². The second-order valence-corrected chi connectivity index (χ2v) is 5.76. The van der Waals surface area contributed by atoms with Gasteiger partial charge in [0, 0.05) is 16.7 Å². The van der Waals surface area contributed by atoms with E-state index in [0.717, 1.165) is 0 Å². The number of halogens is 1. The smallest absolute Gasteiger partial charge is 0.248 e. The van der Waals surface area contributed by atoms with Gasteiger partial charge in [-0.1, -0.05) is 23.7 Å². The number of nitrogens with zero attached hydrogens (tertiary/aromatic N) is 4. The van der Waals surface area contributed by atoms with Gasteiger partial charge in [-0.05, 0) is 35.5 Å². The number of Topliss-reactive ketones (excluding diaryl/α,β-unsaturated/α-hetero) is 1. The summed E-state index contributed by atoms with van der Waals surface area (Å²) in [6.45, 7) is -0.0883. The largest absolute Gasteiger partial charge is 0.495 e. The third-order valence-corrected chi connectivity index (χ3v) is 3.93. The Labute approximate surface area is 153 Å². The van der Waals surface area contributed by atoms with Gasteiger partial charge in [0.15, 0.2) is 5.78 Å². The van der Waals surface area contributed by atoms with E-state index < -0.39 is 5.91 Å². The molecule has 8 nitrogen and oxygen atoms in total. The summed E-state index contributed by atoms with van der Waals surface area (Å²) in [5.74, 6) is 0.0878. The molecule has 1 heterocycles. The summed E-state index contributed by atoms with van der Waals surface area (Å²) >= 11 is 6.04. The first kappa shape index (κ1) is 17.6. The molecule has 0 saturated heterocycles. The molecular weight excluding hydrogens is 358 g/mol. The number of nitrogens with two attached hydrogens (primary N) is 1. The first-order valence-corrected chi connectivity index (χ1v) is 7.90. The van der Waals surface area contributed by atoms with Crippen LogP contribution in [0.25, 0.3) is 11.4 Å². The topological polar surface area (TPSA) is 113 Å². The van der Waals surface area contributed by atoms with Gasteiger partial charge in [-0.2, -0.15) is 4.80 Å². The Kier molecular flexibility index (Phi) is 4.94. The molecule has 2 N–H and O–H groups in total. The number of tetrazole rings is 1. The third-order valence-electron chi connectivity index (χ3n) is 3.64. The van der Waals surface area contributed by atoms with Crippen LogP contribution in [0.2, 0.25) is 5.02 Å². The van der Waals surface area contributed by atoms with E-state index in [1.165, 1.54) is 18.0 Å². The summed E-state index contributed by atoms with van der Waals surface area (Å²) in [4.78, 5) is 24.6. The van der Waals surface area contributed by atoms with Crippen molar-refractivity contribution < 1.29 is 14.3 Å². The maximum absolute atomic E-state index is 12.4. The van der Waals surface area contributed by atoms with Crippen molar-refractivity contribution in [1.82, 2.24) is 20.2 Å². The van der Waals surface area contributed by atoms with Gasteiger partial charge >= 0.3 is 0 Å². The lowest BCUT2D eigenvalue weighted by Crippen LogP contribution is -2.13. The summed E-state index contributed by atoms with van der Waals surface area (Å²) in [7, 11) is 1.50. The average Bonchev–Trinajstić information content (AvgIpc) is 3.10. The minimum Gasteiger partial charge on any atom is -0.495 e. The van der Waals surface area contributed by atoms with Crippen LogP contribution in [0.4, 0.5) is 0 Å². The molecule has 0 spiro atoms. The van der Waals surface area contributed by atoms with Crippen LogP contribution >= 0.6 is 11.6 Å². The van der Waals surface area contributed by atoms with Gasteiger partial charge in [-0.15, -0.1) is 10.2 Å². The maximum atomic E-state index is 12.4. The Hall–Kier alpha value is -3.26. The SMILES string of the molecule is COc1ccc(C(=O)Cn2nnc(-c3ccc(C(N)=O)cc3)n2)cc1Cl. The fraction of sp³-hybridized carbons (Fsp3) is 0.118. The number of primary amides is 1. The second kappa shape index (κ2) is 7.32. The van der Waals surface area contributed by atoms with E-state index in [1.54, 1.807) is 36.4 Å². The molecule has 2 aromatic carbocycles. The molecule has 132 valence electrons. The van der Waals surface area contributed by atoms with Gasteiger partial charge in [0.05, 0.1) is 12.1 Å². The van der Waals surface area contributed by atoms with E-state index in [1.807, 2.05) is 0 Å². The Bertz CT molecular complexity index is 969. The van der Waals surface area contributed by atoms with E-state index in [0.29, 0.717) is 33.3 Å². The summed E-state index contributed by atoms with van der Waals surface area (Å²) in [5.41, 5.74) is 6.66. The highest BCUT2D eigenvalue weighted by Crippen LogP contribution is 2.25. The number of carbonyl (C=O) groups excluding carboxylic acids is 2. The van der Waals surface area contributed by atoms with E-state index in [-0.39, 0.29) is 12.3 Å². The molecule has 0 saturated carbocycles. The molecule has 26 heavy (non-hydrogen) atoms. The van der Waals surface area contributed by atoms with Crippen LogP contribution in [0.1, 0.15) is 20.7 Å². The van der Waals surface area contributed by atoms with Gasteiger partial charge in [0.25, 0.3) is 0 Å². The molecule has 0 atom stereocenters. The highest BCUT2D eigenvalue weighted by molar-refractivity contribution is 6.32. The second-order valence-electron chi connectivity index (χ2n) is 5.36. The van der Waals surface area contributed by atoms with Crippen LogP contribution in [-0.4, -0.2) is 39.0 Å². The average molecular weight is 372 g/mol. The first-order valence-electron chi connectivity index (χ1n) is 7.52. The molecule has 3 aromatic rings. The van der Waals surface area contributed by atoms with E-state index in [2.05, 4.69) is 15.4 Å². The van der Waals surface area contributed by atoms with Crippen molar-refractivity contribution in [3.63, 3.8) is 0 Å². The lowest BCUT2D eigenvalue weighted by atomic mass is 10.1. The predicted octanol–water partition coefficient (Wildman–Crippen LogP) is 1.98. The van der Waals surface area contributed by atoms with Crippen molar-refractivity contribution in [2.24, 2.45) is 5.73 Å². The summed E-state index contributed by atoms with van der Waals surface area (Å²) in [6.07, 6.45) is 0. The minimum absolute atomic E-state index is 0.0883. The zero-order chi connectivity index (χ0) is 18.7. The Morgan fingerprint density at radius 1 is 1.15 bits per heavy atom. The van der Waals surface area contributed by atoms with Crippen molar-refractivity contribution >= 4 is 23.3 Å². The van der Waals surface area contributed by atoms with Crippen LogP contribution in [-0.2, 0) is 6.54 Å². The van der Waals surface area contributed by atoms with Crippen LogP contribution < -0.4 is 10.5 Å². The Morgan fingerprint density at radius 3 is 2.46 bits per heavy atom. The van der Waals surface area contributed by atoms with Crippen molar-refractivity contribution in [3.05, 3.63) is 58.6 Å². The van der Waals surface area contributed by atoms with Gasteiger partial charge in [0.2, 0.25) is 11.7 Å². The molecule has 0 radical (unpaired) electrons. The molecule has 0 aliphatic carbocycles. The lowest BCUT2D eigenvalue weighted by molar-refractivity contribution is 0.0959. The Morgan fingerprint density at radius 2 is 1.85 bits per heavy atom. The normalized spacial score (nSPS) is 10.5. The molecule has 0 bridgehead atoms. The summed E-state index contributed by atoms with van der Waals surface area (Å²) in [6, 6.07) is 11.2. The zero-order valence-electron chi connectivity index (χ0n) is 13.7. The Balaban J connectivity index is 1.74. The lowest BCUT2D eigenvalue weighted by Gasteiger charge is -2.05. The number of amides is 1. The molecule has 3 rings (SSSR count). The first-order chi connectivity index (χ1) is 12.5. The fourth-order valence-corrected chi connectivity index (χ4v) is 2.53. The van der Waals surface area contributed by atoms with Crippen LogP contribution in [0.15, 0.2) is 42.5 Å². The molecular formula is C17H14ClN5O3. The molecule has 0 aliphatic rings. The molecule has 0 unspecified atom stereocenters. The molecule has 1 aromatic heterocycles. The number of ether oxygens (including phenoxy) is 1. The number of benzene rings is 2. The summed E-state index contributed by atoms with van der Waals surface area (Å²) in [5, 5.41) is 12.3. The third kappa shape index (κ3) is 3.70. The van der Waals surface area contributed by atoms with E-state index in [9.17, 15) is 9.59 Å². The summed E-state index contributed by atoms with van der Waals surface area (Å²) < 4.78 is 5.06. The number of rotatable bonds is 6. The van der Waals surface area contributed by atoms with Crippen LogP contribution in [0.3, 0.4) is 0 Å². The quantitative estimate of drug-likeness (QED) is 0.663. The predicted molar refractivity (Wildman–Crippen MR) is 94.1 cm³/mol. The highest BCUT2D eigenvalue weighted by atomic mass is 35.5. The van der Waals surface area contributed by atoms with Gasteiger partial charge < -0.3 is 10.5 Å². The van der Waals surface area contributed by atoms with E-state index >= 15 is 0 Å². The van der Waals surface area contributed by atoms with Gasteiger partial charge in [0.1, 0.15) is 12.3 Å². The zero-order valence-corrected chi connectivity index (χ0v) is 14.5. The molecule has 0 aliphatic heterocycles. The number of hydrogen-bond donors (Lipinski definition) is 1. The van der Waals surface area contributed by atoms with Gasteiger partial charge in [-0.3, -0.25) is 9.59 Å². The number of hydrogen-bond acceptors (Lipinski definition) is 6. The molecule has 9 heteroatoms. The van der Waals surface area contributed by atoms with Crippen LogP contribution in [0, 0.1) is 0 Å². The number of carbonyl (C=O) groups is 2. The molecule has 0 fully saturated rings. The standard InChI is InChI=1S/C17H14ClN5O3/c1-26-15-7-6-12(8-13(15)18)14(24)9-23-21-17(20-22-23)11-4-2-10(3-5-11)16(19)25/h2-8H,9H2,1H3,(H2,19,25). The maximum Gasteiger partial charge on any atom is 0.248 e. The van der Waals surface area contributed by atoms with Crippen molar-refractivity contribution in [1.29, 1.82) is 0 Å². The van der Waals surface area contributed by atoms with Crippen molar-refractivity contribution in [2.45, 2.75) is 6.54 Å². The van der Waals surface area contributed by atoms with E-state index in [4.69, 9.17) is 22.1 Å². The number of aromatic nitrogens is 4. The monoisotopic (exact) mass is 371 g/mol. The molecule has 1 amide bonds. The van der Waals surface area contributed by atoms with Crippen molar-refractivity contribution in [3.8, 4) is 17.1 Å². The highest BCUT2D eigenvalue weighted by Gasteiger charge is 2.13.